The zero-order chi connectivity index (χ0) is 18.9. The molecular formula is C20H16N2O3S. The summed E-state index contributed by atoms with van der Waals surface area (Å²) in [5.41, 5.74) is 2.24. The maximum Gasteiger partial charge on any atom is 0.266 e. The lowest BCUT2D eigenvalue weighted by Crippen LogP contribution is -2.12. The van der Waals surface area contributed by atoms with E-state index in [2.05, 4.69) is 4.98 Å². The second-order valence-corrected chi connectivity index (χ2v) is 7.97. The normalized spacial score (nSPS) is 11.1. The fourth-order valence-electron chi connectivity index (χ4n) is 2.69. The third-order valence-electron chi connectivity index (χ3n) is 4.09. The summed E-state index contributed by atoms with van der Waals surface area (Å²) in [5, 5.41) is 9.24. The highest BCUT2D eigenvalue weighted by Gasteiger charge is 2.18. The summed E-state index contributed by atoms with van der Waals surface area (Å²) in [6.45, 7) is 3.61. The Morgan fingerprint density at radius 3 is 2.00 bits per heavy atom. The molecule has 1 heterocycles. The molecule has 130 valence electrons. The van der Waals surface area contributed by atoms with E-state index < -0.39 is 15.4 Å². The van der Waals surface area contributed by atoms with Crippen LogP contribution in [-0.2, 0) is 9.84 Å². The van der Waals surface area contributed by atoms with Gasteiger partial charge in [0.1, 0.15) is 11.6 Å². The summed E-state index contributed by atoms with van der Waals surface area (Å²) < 4.78 is 25.4. The van der Waals surface area contributed by atoms with Crippen LogP contribution in [0.2, 0.25) is 0 Å². The quantitative estimate of drug-likeness (QED) is 0.771. The number of aryl methyl sites for hydroxylation is 2. The first kappa shape index (κ1) is 17.6. The van der Waals surface area contributed by atoms with E-state index in [1.54, 1.807) is 49.4 Å². The molecule has 3 aromatic rings. The monoisotopic (exact) mass is 364 g/mol. The van der Waals surface area contributed by atoms with Crippen LogP contribution >= 0.6 is 0 Å². The average molecular weight is 364 g/mol. The summed E-state index contributed by atoms with van der Waals surface area (Å²) in [7, 11) is -3.62. The Bertz CT molecular complexity index is 1170. The van der Waals surface area contributed by atoms with Gasteiger partial charge in [-0.1, -0.05) is 29.8 Å². The second kappa shape index (κ2) is 6.62. The van der Waals surface area contributed by atoms with Crippen molar-refractivity contribution in [3.8, 4) is 17.2 Å². The average Bonchev–Trinajstić information content (AvgIpc) is 2.61. The highest BCUT2D eigenvalue weighted by atomic mass is 32.2. The molecule has 0 aliphatic carbocycles. The van der Waals surface area contributed by atoms with Crippen LogP contribution in [0, 0.1) is 25.2 Å². The van der Waals surface area contributed by atoms with Gasteiger partial charge in [0.2, 0.25) is 9.84 Å². The lowest BCUT2D eigenvalue weighted by molar-refractivity contribution is 0.596. The van der Waals surface area contributed by atoms with Gasteiger partial charge in [-0.3, -0.25) is 4.79 Å². The van der Waals surface area contributed by atoms with Gasteiger partial charge in [0.05, 0.1) is 9.79 Å². The number of aromatic amines is 1. The number of rotatable bonds is 3. The van der Waals surface area contributed by atoms with Crippen LogP contribution in [0.15, 0.2) is 69.2 Å². The van der Waals surface area contributed by atoms with Crippen LogP contribution in [-0.4, -0.2) is 13.4 Å². The molecule has 0 spiro atoms. The van der Waals surface area contributed by atoms with Crippen LogP contribution in [0.3, 0.4) is 0 Å². The fourth-order valence-corrected chi connectivity index (χ4v) is 3.96. The Kier molecular flexibility index (Phi) is 4.49. The van der Waals surface area contributed by atoms with E-state index in [-0.39, 0.29) is 15.4 Å². The Morgan fingerprint density at radius 1 is 0.923 bits per heavy atom. The van der Waals surface area contributed by atoms with Gasteiger partial charge in [0.15, 0.2) is 0 Å². The minimum Gasteiger partial charge on any atom is -0.325 e. The van der Waals surface area contributed by atoms with Crippen LogP contribution in [0.25, 0.3) is 11.1 Å². The molecule has 0 unspecified atom stereocenters. The maximum atomic E-state index is 12.7. The van der Waals surface area contributed by atoms with E-state index in [0.717, 1.165) is 5.56 Å². The summed E-state index contributed by atoms with van der Waals surface area (Å²) >= 11 is 0. The van der Waals surface area contributed by atoms with Crippen LogP contribution in [0.1, 0.15) is 16.8 Å². The van der Waals surface area contributed by atoms with Crippen molar-refractivity contribution in [2.75, 3.05) is 0 Å². The number of hydrogen-bond acceptors (Lipinski definition) is 4. The number of pyridine rings is 1. The van der Waals surface area contributed by atoms with Gasteiger partial charge < -0.3 is 4.98 Å². The molecule has 0 saturated carbocycles. The van der Waals surface area contributed by atoms with Gasteiger partial charge in [0, 0.05) is 11.3 Å². The molecule has 3 rings (SSSR count). The standard InChI is InChI=1S/C20H16N2O3S/c1-13-3-7-16(8-4-13)26(24,25)17-9-5-15(6-10-17)18-11-14(2)22-20(23)19(18)12-21/h3-11H,1-2H3,(H,22,23). The first-order chi connectivity index (χ1) is 12.3. The van der Waals surface area contributed by atoms with Gasteiger partial charge in [-0.25, -0.2) is 8.42 Å². The summed E-state index contributed by atoms with van der Waals surface area (Å²) in [4.78, 5) is 14.9. The van der Waals surface area contributed by atoms with Crippen LogP contribution < -0.4 is 5.56 Å². The molecule has 0 saturated heterocycles. The molecule has 1 aromatic heterocycles. The number of nitrogens with one attached hydrogen (secondary N) is 1. The molecule has 0 aliphatic heterocycles. The lowest BCUT2D eigenvalue weighted by atomic mass is 10.0. The molecule has 0 aliphatic rings. The number of H-pyrrole nitrogens is 1. The van der Waals surface area contributed by atoms with E-state index in [9.17, 15) is 18.5 Å². The minimum atomic E-state index is -3.62. The largest absolute Gasteiger partial charge is 0.325 e. The predicted octanol–water partition coefficient (Wildman–Crippen LogP) is 3.36. The third kappa shape index (κ3) is 3.17. The minimum absolute atomic E-state index is 0.00439. The van der Waals surface area contributed by atoms with E-state index >= 15 is 0 Å². The molecule has 1 N–H and O–H groups in total. The van der Waals surface area contributed by atoms with Crippen molar-refractivity contribution in [1.82, 2.24) is 4.98 Å². The smallest absolute Gasteiger partial charge is 0.266 e. The molecule has 0 amide bonds. The number of benzene rings is 2. The van der Waals surface area contributed by atoms with Crippen molar-refractivity contribution in [2.45, 2.75) is 23.6 Å². The molecule has 6 heteroatoms. The SMILES string of the molecule is Cc1ccc(S(=O)(=O)c2ccc(-c3cc(C)[nH]c(=O)c3C#N)cc2)cc1. The van der Waals surface area contributed by atoms with Crippen LogP contribution in [0.5, 0.6) is 0 Å². The van der Waals surface area contributed by atoms with Crippen molar-refractivity contribution in [2.24, 2.45) is 0 Å². The summed E-state index contributed by atoms with van der Waals surface area (Å²) in [6, 6.07) is 16.4. The number of nitriles is 1. The zero-order valence-corrected chi connectivity index (χ0v) is 15.1. The van der Waals surface area contributed by atoms with Gasteiger partial charge in [-0.05, 0) is 49.7 Å². The number of nitrogens with zero attached hydrogens (tertiary/aromatic N) is 1. The summed E-state index contributed by atoms with van der Waals surface area (Å²) in [5.74, 6) is 0. The number of hydrogen-bond donors (Lipinski definition) is 1. The molecule has 0 radical (unpaired) electrons. The Morgan fingerprint density at radius 2 is 1.46 bits per heavy atom. The lowest BCUT2D eigenvalue weighted by Gasteiger charge is -2.08. The van der Waals surface area contributed by atoms with Crippen molar-refractivity contribution in [1.29, 1.82) is 5.26 Å². The van der Waals surface area contributed by atoms with Crippen molar-refractivity contribution >= 4 is 9.84 Å². The second-order valence-electron chi connectivity index (χ2n) is 6.02. The molecule has 26 heavy (non-hydrogen) atoms. The summed E-state index contributed by atoms with van der Waals surface area (Å²) in [6.07, 6.45) is 0. The molecule has 0 atom stereocenters. The first-order valence-corrected chi connectivity index (χ1v) is 9.37. The molecule has 5 nitrogen and oxygen atoms in total. The number of aromatic nitrogens is 1. The Hall–Kier alpha value is -3.17. The van der Waals surface area contributed by atoms with Crippen molar-refractivity contribution < 1.29 is 8.42 Å². The van der Waals surface area contributed by atoms with Gasteiger partial charge in [-0.2, -0.15) is 5.26 Å². The fraction of sp³-hybridized carbons (Fsp3) is 0.100. The van der Waals surface area contributed by atoms with Crippen LogP contribution in [0.4, 0.5) is 0 Å². The topological polar surface area (TPSA) is 90.8 Å². The van der Waals surface area contributed by atoms with E-state index in [0.29, 0.717) is 16.8 Å². The highest BCUT2D eigenvalue weighted by Crippen LogP contribution is 2.26. The Balaban J connectivity index is 2.06. The highest BCUT2D eigenvalue weighted by molar-refractivity contribution is 7.91. The predicted molar refractivity (Wildman–Crippen MR) is 98.6 cm³/mol. The van der Waals surface area contributed by atoms with Gasteiger partial charge in [-0.15, -0.1) is 0 Å². The Labute approximate surface area is 151 Å². The third-order valence-corrected chi connectivity index (χ3v) is 5.87. The van der Waals surface area contributed by atoms with Gasteiger partial charge in [0.25, 0.3) is 5.56 Å². The van der Waals surface area contributed by atoms with E-state index in [1.807, 2.05) is 13.0 Å². The molecular weight excluding hydrogens is 348 g/mol. The van der Waals surface area contributed by atoms with E-state index in [1.165, 1.54) is 12.1 Å². The number of sulfone groups is 1. The van der Waals surface area contributed by atoms with E-state index in [4.69, 9.17) is 0 Å². The zero-order valence-electron chi connectivity index (χ0n) is 14.3. The molecule has 2 aromatic carbocycles. The van der Waals surface area contributed by atoms with Crippen molar-refractivity contribution in [3.63, 3.8) is 0 Å². The maximum absolute atomic E-state index is 12.7. The first-order valence-electron chi connectivity index (χ1n) is 7.89. The molecule has 0 bridgehead atoms. The van der Waals surface area contributed by atoms with Crippen molar-refractivity contribution in [3.05, 3.63) is 81.8 Å². The molecule has 0 fully saturated rings. The van der Waals surface area contributed by atoms with Gasteiger partial charge >= 0.3 is 0 Å².